The SMILES string of the molecule is CC(C)OC(=O)c1ccc(NS(=O)(=O)c2cccc([N+](=O)[O-])c2)cc1. The molecule has 132 valence electrons. The van der Waals surface area contributed by atoms with Crippen molar-refractivity contribution in [3.8, 4) is 0 Å². The van der Waals surface area contributed by atoms with Crippen LogP contribution in [0, 0.1) is 10.1 Å². The number of nitrogens with zero attached hydrogens (tertiary/aromatic N) is 1. The maximum atomic E-state index is 12.3. The van der Waals surface area contributed by atoms with E-state index in [0.717, 1.165) is 6.07 Å². The molecule has 0 saturated heterocycles. The molecule has 0 amide bonds. The monoisotopic (exact) mass is 364 g/mol. The van der Waals surface area contributed by atoms with Crippen molar-refractivity contribution in [3.63, 3.8) is 0 Å². The van der Waals surface area contributed by atoms with Crippen molar-refractivity contribution in [3.05, 3.63) is 64.2 Å². The minimum Gasteiger partial charge on any atom is -0.459 e. The van der Waals surface area contributed by atoms with Crippen LogP contribution in [0.5, 0.6) is 0 Å². The highest BCUT2D eigenvalue weighted by Gasteiger charge is 2.18. The molecule has 0 aliphatic carbocycles. The predicted octanol–water partition coefficient (Wildman–Crippen LogP) is 2.96. The van der Waals surface area contributed by atoms with E-state index in [1.54, 1.807) is 13.8 Å². The molecule has 1 N–H and O–H groups in total. The first-order valence-corrected chi connectivity index (χ1v) is 8.75. The standard InChI is InChI=1S/C16H16N2O6S/c1-11(2)24-16(19)12-6-8-13(9-7-12)17-25(22,23)15-5-3-4-14(10-15)18(20)21/h3-11,17H,1-2H3. The number of rotatable bonds is 6. The second-order valence-corrected chi connectivity index (χ2v) is 7.07. The molecule has 0 unspecified atom stereocenters. The highest BCUT2D eigenvalue weighted by atomic mass is 32.2. The average molecular weight is 364 g/mol. The summed E-state index contributed by atoms with van der Waals surface area (Å²) in [6, 6.07) is 10.4. The number of hydrogen-bond donors (Lipinski definition) is 1. The number of ether oxygens (including phenoxy) is 1. The van der Waals surface area contributed by atoms with Gasteiger partial charge in [0.25, 0.3) is 15.7 Å². The fraction of sp³-hybridized carbons (Fsp3) is 0.188. The fourth-order valence-corrected chi connectivity index (χ4v) is 3.03. The summed E-state index contributed by atoms with van der Waals surface area (Å²) in [6.45, 7) is 3.44. The number of carbonyl (C=O) groups excluding carboxylic acids is 1. The number of non-ortho nitro benzene ring substituents is 1. The van der Waals surface area contributed by atoms with E-state index in [4.69, 9.17) is 4.74 Å². The summed E-state index contributed by atoms with van der Waals surface area (Å²) in [5, 5.41) is 10.8. The van der Waals surface area contributed by atoms with E-state index in [2.05, 4.69) is 4.72 Å². The van der Waals surface area contributed by atoms with Gasteiger partial charge in [0.2, 0.25) is 0 Å². The molecule has 0 bridgehead atoms. The number of nitro benzene ring substituents is 1. The number of esters is 1. The summed E-state index contributed by atoms with van der Waals surface area (Å²) >= 11 is 0. The molecule has 0 aromatic heterocycles. The molecule has 0 spiro atoms. The Morgan fingerprint density at radius 1 is 1.16 bits per heavy atom. The molecule has 2 aromatic carbocycles. The van der Waals surface area contributed by atoms with E-state index in [9.17, 15) is 23.3 Å². The summed E-state index contributed by atoms with van der Waals surface area (Å²) < 4.78 is 32.0. The zero-order valence-electron chi connectivity index (χ0n) is 13.5. The molecule has 8 nitrogen and oxygen atoms in total. The number of anilines is 1. The van der Waals surface area contributed by atoms with Crippen LogP contribution in [0.2, 0.25) is 0 Å². The lowest BCUT2D eigenvalue weighted by Gasteiger charge is -2.10. The molecule has 0 heterocycles. The van der Waals surface area contributed by atoms with Gasteiger partial charge in [0.1, 0.15) is 0 Å². The van der Waals surface area contributed by atoms with Crippen LogP contribution in [-0.4, -0.2) is 25.4 Å². The van der Waals surface area contributed by atoms with Crippen LogP contribution in [0.3, 0.4) is 0 Å². The number of sulfonamides is 1. The smallest absolute Gasteiger partial charge is 0.338 e. The number of nitro groups is 1. The Balaban J connectivity index is 2.19. The zero-order valence-corrected chi connectivity index (χ0v) is 14.3. The normalized spacial score (nSPS) is 11.2. The summed E-state index contributed by atoms with van der Waals surface area (Å²) in [6.07, 6.45) is -0.264. The molecule has 2 aromatic rings. The maximum absolute atomic E-state index is 12.3. The lowest BCUT2D eigenvalue weighted by molar-refractivity contribution is -0.385. The van der Waals surface area contributed by atoms with E-state index in [1.807, 2.05) is 0 Å². The third-order valence-corrected chi connectivity index (χ3v) is 4.43. The van der Waals surface area contributed by atoms with Gasteiger partial charge in [-0.3, -0.25) is 14.8 Å². The Morgan fingerprint density at radius 3 is 2.36 bits per heavy atom. The van der Waals surface area contributed by atoms with E-state index in [-0.39, 0.29) is 27.9 Å². The van der Waals surface area contributed by atoms with Crippen molar-refractivity contribution in [2.45, 2.75) is 24.8 Å². The van der Waals surface area contributed by atoms with Gasteiger partial charge in [-0.25, -0.2) is 13.2 Å². The lowest BCUT2D eigenvalue weighted by Crippen LogP contribution is -2.14. The Bertz CT molecular complexity index is 891. The molecule has 0 fully saturated rings. The van der Waals surface area contributed by atoms with Crippen LogP contribution in [0.4, 0.5) is 11.4 Å². The van der Waals surface area contributed by atoms with Gasteiger partial charge in [-0.15, -0.1) is 0 Å². The Morgan fingerprint density at radius 2 is 1.80 bits per heavy atom. The fourth-order valence-electron chi connectivity index (χ4n) is 1.93. The predicted molar refractivity (Wildman–Crippen MR) is 90.9 cm³/mol. The van der Waals surface area contributed by atoms with Crippen molar-refractivity contribution in [2.24, 2.45) is 0 Å². The third kappa shape index (κ3) is 4.77. The van der Waals surface area contributed by atoms with Gasteiger partial charge in [0, 0.05) is 17.8 Å². The van der Waals surface area contributed by atoms with E-state index in [0.29, 0.717) is 0 Å². The lowest BCUT2D eigenvalue weighted by atomic mass is 10.2. The van der Waals surface area contributed by atoms with Crippen LogP contribution in [0.25, 0.3) is 0 Å². The summed E-state index contributed by atoms with van der Waals surface area (Å²) in [5.41, 5.74) is 0.175. The molecule has 25 heavy (non-hydrogen) atoms. The van der Waals surface area contributed by atoms with Gasteiger partial charge in [0.05, 0.1) is 21.5 Å². The van der Waals surface area contributed by atoms with Gasteiger partial charge >= 0.3 is 5.97 Å². The minimum absolute atomic E-state index is 0.215. The largest absolute Gasteiger partial charge is 0.459 e. The Labute approximate surface area is 144 Å². The number of hydrogen-bond acceptors (Lipinski definition) is 6. The van der Waals surface area contributed by atoms with Crippen molar-refractivity contribution in [1.82, 2.24) is 0 Å². The first-order chi connectivity index (χ1) is 11.7. The summed E-state index contributed by atoms with van der Waals surface area (Å²) in [7, 11) is -3.99. The zero-order chi connectivity index (χ0) is 18.6. The van der Waals surface area contributed by atoms with E-state index in [1.165, 1.54) is 42.5 Å². The third-order valence-electron chi connectivity index (χ3n) is 3.05. The van der Waals surface area contributed by atoms with Crippen molar-refractivity contribution >= 4 is 27.4 Å². The molecule has 0 aliphatic heterocycles. The van der Waals surface area contributed by atoms with Crippen LogP contribution in [0.15, 0.2) is 53.4 Å². The van der Waals surface area contributed by atoms with Gasteiger partial charge in [-0.2, -0.15) is 0 Å². The van der Waals surface area contributed by atoms with Crippen molar-refractivity contribution in [2.75, 3.05) is 4.72 Å². The highest BCUT2D eigenvalue weighted by molar-refractivity contribution is 7.92. The number of nitrogens with one attached hydrogen (secondary N) is 1. The summed E-state index contributed by atoms with van der Waals surface area (Å²) in [4.78, 5) is 21.6. The number of carbonyl (C=O) groups is 1. The minimum atomic E-state index is -3.99. The summed E-state index contributed by atoms with van der Waals surface area (Å²) in [5.74, 6) is -0.511. The van der Waals surface area contributed by atoms with Gasteiger partial charge in [-0.1, -0.05) is 6.07 Å². The molecule has 9 heteroatoms. The first kappa shape index (κ1) is 18.4. The van der Waals surface area contributed by atoms with Gasteiger partial charge < -0.3 is 4.74 Å². The van der Waals surface area contributed by atoms with Crippen LogP contribution >= 0.6 is 0 Å². The van der Waals surface area contributed by atoms with E-state index < -0.39 is 20.9 Å². The molecule has 2 rings (SSSR count). The maximum Gasteiger partial charge on any atom is 0.338 e. The topological polar surface area (TPSA) is 116 Å². The Hall–Kier alpha value is -2.94. The molecule has 0 radical (unpaired) electrons. The van der Waals surface area contributed by atoms with Crippen molar-refractivity contribution < 1.29 is 22.9 Å². The molecular weight excluding hydrogens is 348 g/mol. The van der Waals surface area contributed by atoms with E-state index >= 15 is 0 Å². The van der Waals surface area contributed by atoms with Crippen molar-refractivity contribution in [1.29, 1.82) is 0 Å². The molecular formula is C16H16N2O6S. The van der Waals surface area contributed by atoms with Crippen LogP contribution in [-0.2, 0) is 14.8 Å². The average Bonchev–Trinajstić information content (AvgIpc) is 2.54. The molecule has 0 saturated carbocycles. The van der Waals surface area contributed by atoms with Gasteiger partial charge in [-0.05, 0) is 44.2 Å². The molecule has 0 aliphatic rings. The first-order valence-electron chi connectivity index (χ1n) is 7.27. The van der Waals surface area contributed by atoms with Crippen LogP contribution < -0.4 is 4.72 Å². The van der Waals surface area contributed by atoms with Gasteiger partial charge in [0.15, 0.2) is 0 Å². The quantitative estimate of drug-likeness (QED) is 0.478. The highest BCUT2D eigenvalue weighted by Crippen LogP contribution is 2.21. The second-order valence-electron chi connectivity index (χ2n) is 5.39. The molecule has 0 atom stereocenters. The second kappa shape index (κ2) is 7.31. The van der Waals surface area contributed by atoms with Crippen LogP contribution in [0.1, 0.15) is 24.2 Å². The Kier molecular flexibility index (Phi) is 5.38. The number of benzene rings is 2.